The van der Waals surface area contributed by atoms with E-state index in [4.69, 9.17) is 14.2 Å². The summed E-state index contributed by atoms with van der Waals surface area (Å²) in [5.74, 6) is 1.83. The van der Waals surface area contributed by atoms with Crippen LogP contribution in [0.1, 0.15) is 11.3 Å². The molecular weight excluding hydrogens is 376 g/mol. The lowest BCUT2D eigenvalue weighted by Crippen LogP contribution is -2.07. The third kappa shape index (κ3) is 5.34. The van der Waals surface area contributed by atoms with Gasteiger partial charge in [-0.15, -0.1) is 11.3 Å². The van der Waals surface area contributed by atoms with E-state index in [0.717, 1.165) is 17.0 Å². The zero-order valence-electron chi connectivity index (χ0n) is 15.5. The second-order valence-electron chi connectivity index (χ2n) is 5.68. The summed E-state index contributed by atoms with van der Waals surface area (Å²) in [5, 5.41) is 5.12. The number of hydrogen-bond acceptors (Lipinski definition) is 6. The molecule has 0 unspecified atom stereocenters. The van der Waals surface area contributed by atoms with E-state index in [1.165, 1.54) is 17.4 Å². The topological polar surface area (TPSA) is 69.7 Å². The van der Waals surface area contributed by atoms with Crippen molar-refractivity contribution in [2.75, 3.05) is 19.5 Å². The Morgan fingerprint density at radius 2 is 1.93 bits per heavy atom. The number of anilines is 1. The number of para-hydroxylation sites is 1. The van der Waals surface area contributed by atoms with E-state index in [1.54, 1.807) is 38.5 Å². The predicted octanol–water partition coefficient (Wildman–Crippen LogP) is 4.39. The molecule has 3 aromatic rings. The third-order valence-electron chi connectivity index (χ3n) is 3.76. The minimum absolute atomic E-state index is 0.283. The summed E-state index contributed by atoms with van der Waals surface area (Å²) in [6, 6.07) is 14.9. The summed E-state index contributed by atoms with van der Waals surface area (Å²) in [5.41, 5.74) is 1.50. The summed E-state index contributed by atoms with van der Waals surface area (Å²) in [7, 11) is 3.16. The molecule has 3 rings (SSSR count). The number of carbonyl (C=O) groups excluding carboxylic acids is 1. The van der Waals surface area contributed by atoms with Crippen molar-refractivity contribution in [2.45, 2.75) is 6.61 Å². The second kappa shape index (κ2) is 9.57. The largest absolute Gasteiger partial charge is 0.497 e. The molecule has 0 aliphatic heterocycles. The van der Waals surface area contributed by atoms with Gasteiger partial charge in [0.1, 0.15) is 23.9 Å². The van der Waals surface area contributed by atoms with Crippen molar-refractivity contribution in [2.24, 2.45) is 0 Å². The lowest BCUT2D eigenvalue weighted by molar-refractivity contribution is -0.111. The molecule has 0 fully saturated rings. The molecule has 28 heavy (non-hydrogen) atoms. The smallest absolute Gasteiger partial charge is 0.250 e. The van der Waals surface area contributed by atoms with Gasteiger partial charge in [0.25, 0.3) is 0 Å². The van der Waals surface area contributed by atoms with Gasteiger partial charge in [0, 0.05) is 17.0 Å². The van der Waals surface area contributed by atoms with Crippen LogP contribution in [0.2, 0.25) is 0 Å². The van der Waals surface area contributed by atoms with Crippen molar-refractivity contribution in [3.63, 3.8) is 0 Å². The van der Waals surface area contributed by atoms with Gasteiger partial charge < -0.3 is 14.2 Å². The summed E-state index contributed by atoms with van der Waals surface area (Å²) >= 11 is 1.35. The lowest BCUT2D eigenvalue weighted by atomic mass is 10.1. The molecule has 7 heteroatoms. The van der Waals surface area contributed by atoms with Crippen LogP contribution in [0.25, 0.3) is 6.08 Å². The standard InChI is InChI=1S/C21H20N2O4S/c1-25-18-9-10-19(26-2)15(12-18)8-11-20(24)23-21-22-16(14-28-21)13-27-17-6-4-3-5-7-17/h3-12,14H,13H2,1-2H3,(H,22,23,24)/b11-8+. The number of aromatic nitrogens is 1. The maximum absolute atomic E-state index is 12.2. The fraction of sp³-hybridized carbons (Fsp3) is 0.143. The number of nitrogens with one attached hydrogen (secondary N) is 1. The molecule has 0 saturated carbocycles. The van der Waals surface area contributed by atoms with Gasteiger partial charge in [-0.25, -0.2) is 4.98 Å². The van der Waals surface area contributed by atoms with Crippen LogP contribution in [-0.2, 0) is 11.4 Å². The van der Waals surface area contributed by atoms with Gasteiger partial charge in [-0.2, -0.15) is 0 Å². The lowest BCUT2D eigenvalue weighted by Gasteiger charge is -2.07. The number of nitrogens with zero attached hydrogens (tertiary/aromatic N) is 1. The minimum atomic E-state index is -0.283. The van der Waals surface area contributed by atoms with Gasteiger partial charge in [0.05, 0.1) is 19.9 Å². The van der Waals surface area contributed by atoms with E-state index in [-0.39, 0.29) is 5.91 Å². The van der Waals surface area contributed by atoms with Crippen molar-refractivity contribution in [3.05, 3.63) is 71.2 Å². The molecule has 144 valence electrons. The van der Waals surface area contributed by atoms with E-state index in [9.17, 15) is 4.79 Å². The molecule has 2 aromatic carbocycles. The summed E-state index contributed by atoms with van der Waals surface area (Å²) < 4.78 is 16.2. The van der Waals surface area contributed by atoms with Crippen LogP contribution in [0.5, 0.6) is 17.2 Å². The van der Waals surface area contributed by atoms with Crippen molar-refractivity contribution in [1.82, 2.24) is 4.98 Å². The molecule has 0 bridgehead atoms. The minimum Gasteiger partial charge on any atom is -0.497 e. The van der Waals surface area contributed by atoms with Crippen LogP contribution in [0.15, 0.2) is 60.0 Å². The number of thiazole rings is 1. The number of benzene rings is 2. The van der Waals surface area contributed by atoms with Crippen LogP contribution in [0.4, 0.5) is 5.13 Å². The second-order valence-corrected chi connectivity index (χ2v) is 6.53. The highest BCUT2D eigenvalue weighted by Gasteiger charge is 2.07. The first-order valence-corrected chi connectivity index (χ1v) is 9.39. The predicted molar refractivity (Wildman–Crippen MR) is 110 cm³/mol. The van der Waals surface area contributed by atoms with Crippen LogP contribution in [0.3, 0.4) is 0 Å². The van der Waals surface area contributed by atoms with Crippen molar-refractivity contribution in [3.8, 4) is 17.2 Å². The maximum Gasteiger partial charge on any atom is 0.250 e. The molecule has 0 saturated heterocycles. The summed E-state index contributed by atoms with van der Waals surface area (Å²) in [6.07, 6.45) is 3.10. The first-order chi connectivity index (χ1) is 13.7. The first kappa shape index (κ1) is 19.4. The molecule has 0 spiro atoms. The molecule has 6 nitrogen and oxygen atoms in total. The fourth-order valence-electron chi connectivity index (χ4n) is 2.39. The highest BCUT2D eigenvalue weighted by atomic mass is 32.1. The molecule has 0 radical (unpaired) electrons. The van der Waals surface area contributed by atoms with Gasteiger partial charge in [-0.3, -0.25) is 10.1 Å². The Morgan fingerprint density at radius 1 is 1.11 bits per heavy atom. The van der Waals surface area contributed by atoms with Crippen LogP contribution < -0.4 is 19.5 Å². The Kier molecular flexibility index (Phi) is 6.64. The highest BCUT2D eigenvalue weighted by Crippen LogP contribution is 2.25. The Morgan fingerprint density at radius 3 is 2.68 bits per heavy atom. The molecule has 1 N–H and O–H groups in total. The monoisotopic (exact) mass is 396 g/mol. The number of carbonyl (C=O) groups is 1. The molecule has 1 heterocycles. The molecule has 0 atom stereocenters. The zero-order valence-corrected chi connectivity index (χ0v) is 16.4. The Balaban J connectivity index is 1.58. The van der Waals surface area contributed by atoms with E-state index in [1.807, 2.05) is 35.7 Å². The van der Waals surface area contributed by atoms with Gasteiger partial charge in [-0.1, -0.05) is 18.2 Å². The molecule has 1 amide bonds. The zero-order chi connectivity index (χ0) is 19.8. The van der Waals surface area contributed by atoms with Crippen molar-refractivity contribution in [1.29, 1.82) is 0 Å². The van der Waals surface area contributed by atoms with Gasteiger partial charge in [0.2, 0.25) is 5.91 Å². The highest BCUT2D eigenvalue weighted by molar-refractivity contribution is 7.13. The number of rotatable bonds is 8. The summed E-state index contributed by atoms with van der Waals surface area (Å²) in [6.45, 7) is 0.341. The van der Waals surface area contributed by atoms with Gasteiger partial charge in [-0.05, 0) is 36.4 Å². The molecule has 0 aliphatic carbocycles. The maximum atomic E-state index is 12.2. The molecule has 1 aromatic heterocycles. The number of ether oxygens (including phenoxy) is 3. The van der Waals surface area contributed by atoms with Gasteiger partial charge >= 0.3 is 0 Å². The quantitative estimate of drug-likeness (QED) is 0.572. The van der Waals surface area contributed by atoms with Crippen LogP contribution in [0, 0.1) is 0 Å². The summed E-state index contributed by atoms with van der Waals surface area (Å²) in [4.78, 5) is 16.6. The Hall–Kier alpha value is -3.32. The SMILES string of the molecule is COc1ccc(OC)c(/C=C/C(=O)Nc2nc(COc3ccccc3)cs2)c1. The number of hydrogen-bond donors (Lipinski definition) is 1. The average molecular weight is 396 g/mol. The Labute approximate surface area is 167 Å². The van der Waals surface area contributed by atoms with Crippen LogP contribution in [-0.4, -0.2) is 25.1 Å². The first-order valence-electron chi connectivity index (χ1n) is 8.51. The molecular formula is C21H20N2O4S. The van der Waals surface area contributed by atoms with Crippen molar-refractivity contribution >= 4 is 28.5 Å². The van der Waals surface area contributed by atoms with E-state index < -0.39 is 0 Å². The van der Waals surface area contributed by atoms with Gasteiger partial charge in [0.15, 0.2) is 5.13 Å². The van der Waals surface area contributed by atoms with Crippen molar-refractivity contribution < 1.29 is 19.0 Å². The third-order valence-corrected chi connectivity index (χ3v) is 4.57. The molecule has 0 aliphatic rings. The fourth-order valence-corrected chi connectivity index (χ4v) is 3.08. The number of amides is 1. The van der Waals surface area contributed by atoms with E-state index in [2.05, 4.69) is 10.3 Å². The normalized spacial score (nSPS) is 10.6. The van der Waals surface area contributed by atoms with Crippen LogP contribution >= 0.6 is 11.3 Å². The van der Waals surface area contributed by atoms with E-state index in [0.29, 0.717) is 23.2 Å². The number of methoxy groups -OCH3 is 2. The van der Waals surface area contributed by atoms with E-state index >= 15 is 0 Å². The average Bonchev–Trinajstić information content (AvgIpc) is 3.18. The Bertz CT molecular complexity index is 954.